The first kappa shape index (κ1) is 15.4. The fourth-order valence-corrected chi connectivity index (χ4v) is 2.39. The van der Waals surface area contributed by atoms with Crippen LogP contribution in [0.1, 0.15) is 38.8 Å². The molecule has 0 fully saturated rings. The van der Waals surface area contributed by atoms with E-state index in [4.69, 9.17) is 4.74 Å². The first-order valence-corrected chi connectivity index (χ1v) is 6.42. The Kier molecular flexibility index (Phi) is 5.31. The van der Waals surface area contributed by atoms with Gasteiger partial charge in [0.05, 0.1) is 13.7 Å². The molecule has 0 amide bonds. The second-order valence-electron chi connectivity index (χ2n) is 4.93. The fourth-order valence-electron chi connectivity index (χ4n) is 2.39. The Hall–Kier alpha value is -1.61. The zero-order chi connectivity index (χ0) is 14.6. The predicted molar refractivity (Wildman–Crippen MR) is 77.0 cm³/mol. The molecule has 1 N–H and O–H groups in total. The van der Waals surface area contributed by atoms with Crippen LogP contribution in [0, 0.1) is 5.92 Å². The first-order valence-electron chi connectivity index (χ1n) is 6.42. The van der Waals surface area contributed by atoms with Crippen molar-refractivity contribution in [1.82, 2.24) is 0 Å². The predicted octanol–water partition coefficient (Wildman–Crippen LogP) is 3.21. The summed E-state index contributed by atoms with van der Waals surface area (Å²) < 4.78 is 5.18. The van der Waals surface area contributed by atoms with Crippen molar-refractivity contribution >= 4 is 11.4 Å². The lowest BCUT2D eigenvalue weighted by atomic mass is 9.90. The smallest absolute Gasteiger partial charge is 0.156 e. The van der Waals surface area contributed by atoms with Crippen LogP contribution in [0.25, 0.3) is 5.57 Å². The van der Waals surface area contributed by atoms with Gasteiger partial charge in [-0.3, -0.25) is 4.79 Å². The zero-order valence-electron chi connectivity index (χ0n) is 12.3. The maximum absolute atomic E-state index is 11.7. The summed E-state index contributed by atoms with van der Waals surface area (Å²) in [5.41, 5.74) is 3.46. The minimum Gasteiger partial charge on any atom is -0.496 e. The van der Waals surface area contributed by atoms with E-state index in [1.165, 1.54) is 0 Å². The first-order chi connectivity index (χ1) is 8.92. The molecule has 1 aromatic carbocycles. The molecule has 0 aliphatic carbocycles. The van der Waals surface area contributed by atoms with Crippen molar-refractivity contribution in [2.75, 3.05) is 7.11 Å². The van der Waals surface area contributed by atoms with Crippen molar-refractivity contribution in [3.05, 3.63) is 34.9 Å². The second-order valence-corrected chi connectivity index (χ2v) is 4.93. The van der Waals surface area contributed by atoms with E-state index in [0.29, 0.717) is 5.75 Å². The molecule has 1 aromatic rings. The molecule has 0 aliphatic rings. The molecule has 0 spiro atoms. The fraction of sp³-hybridized carbons (Fsp3) is 0.438. The van der Waals surface area contributed by atoms with Crippen LogP contribution in [0.3, 0.4) is 0 Å². The van der Waals surface area contributed by atoms with Gasteiger partial charge in [-0.2, -0.15) is 0 Å². The average molecular weight is 262 g/mol. The molecule has 3 nitrogen and oxygen atoms in total. The van der Waals surface area contributed by atoms with E-state index in [-0.39, 0.29) is 18.3 Å². The van der Waals surface area contributed by atoms with Gasteiger partial charge in [0.2, 0.25) is 0 Å². The molecule has 0 atom stereocenters. The van der Waals surface area contributed by atoms with Gasteiger partial charge < -0.3 is 9.84 Å². The van der Waals surface area contributed by atoms with E-state index >= 15 is 0 Å². The molecule has 0 bridgehead atoms. The van der Waals surface area contributed by atoms with Crippen molar-refractivity contribution < 1.29 is 14.6 Å². The van der Waals surface area contributed by atoms with Gasteiger partial charge in [0.1, 0.15) is 5.75 Å². The van der Waals surface area contributed by atoms with E-state index in [1.807, 2.05) is 39.0 Å². The van der Waals surface area contributed by atoms with Gasteiger partial charge in [-0.25, -0.2) is 0 Å². The lowest BCUT2D eigenvalue weighted by Crippen LogP contribution is -2.07. The molecule has 0 unspecified atom stereocenters. The number of hydrogen-bond acceptors (Lipinski definition) is 3. The average Bonchev–Trinajstić information content (AvgIpc) is 2.36. The van der Waals surface area contributed by atoms with Crippen LogP contribution < -0.4 is 4.74 Å². The summed E-state index contributed by atoms with van der Waals surface area (Å²) in [5, 5.41) is 9.35. The van der Waals surface area contributed by atoms with E-state index in [0.717, 1.165) is 22.3 Å². The number of aliphatic hydroxyl groups excluding tert-OH is 1. The monoisotopic (exact) mass is 262 g/mol. The van der Waals surface area contributed by atoms with Crippen molar-refractivity contribution in [3.8, 4) is 5.75 Å². The van der Waals surface area contributed by atoms with E-state index < -0.39 is 0 Å². The number of benzene rings is 1. The molecule has 19 heavy (non-hydrogen) atoms. The van der Waals surface area contributed by atoms with Gasteiger partial charge >= 0.3 is 0 Å². The molecule has 0 saturated carbocycles. The van der Waals surface area contributed by atoms with Gasteiger partial charge in [-0.1, -0.05) is 19.9 Å². The highest BCUT2D eigenvalue weighted by molar-refractivity contribution is 6.01. The lowest BCUT2D eigenvalue weighted by molar-refractivity contribution is -0.113. The molecule has 0 saturated heterocycles. The maximum Gasteiger partial charge on any atom is 0.156 e. The highest BCUT2D eigenvalue weighted by atomic mass is 16.5. The molecule has 0 radical (unpaired) electrons. The Morgan fingerprint density at radius 3 is 2.37 bits per heavy atom. The molecule has 0 heterocycles. The summed E-state index contributed by atoms with van der Waals surface area (Å²) in [6, 6.07) is 5.61. The Morgan fingerprint density at radius 1 is 1.32 bits per heavy atom. The number of rotatable bonds is 5. The Balaban J connectivity index is 3.36. The van der Waals surface area contributed by atoms with Crippen molar-refractivity contribution in [2.24, 2.45) is 5.92 Å². The van der Waals surface area contributed by atoms with Crippen LogP contribution in [-0.2, 0) is 11.4 Å². The van der Waals surface area contributed by atoms with Crippen molar-refractivity contribution in [3.63, 3.8) is 0 Å². The van der Waals surface area contributed by atoms with Crippen molar-refractivity contribution in [1.29, 1.82) is 0 Å². The highest BCUT2D eigenvalue weighted by Crippen LogP contribution is 2.28. The molecular weight excluding hydrogens is 240 g/mol. The Labute approximate surface area is 114 Å². The number of methoxy groups -OCH3 is 1. The third-order valence-electron chi connectivity index (χ3n) is 3.24. The van der Waals surface area contributed by atoms with Crippen LogP contribution in [0.4, 0.5) is 0 Å². The number of carbonyl (C=O) groups excluding carboxylic acids is 1. The second kappa shape index (κ2) is 6.53. The van der Waals surface area contributed by atoms with Gasteiger partial charge in [-0.15, -0.1) is 0 Å². The number of aliphatic hydroxyl groups is 1. The number of Topliss-reactive ketones (excluding diaryl/α,β-unsaturated/α-hetero) is 1. The molecule has 104 valence electrons. The molecule has 0 aliphatic heterocycles. The molecule has 3 heteroatoms. The van der Waals surface area contributed by atoms with E-state index in [9.17, 15) is 9.90 Å². The summed E-state index contributed by atoms with van der Waals surface area (Å²) in [6.07, 6.45) is 0. The van der Waals surface area contributed by atoms with Gasteiger partial charge in [0.15, 0.2) is 5.78 Å². The Morgan fingerprint density at radius 2 is 1.95 bits per heavy atom. The number of ketones is 1. The van der Waals surface area contributed by atoms with Gasteiger partial charge in [0, 0.05) is 11.1 Å². The van der Waals surface area contributed by atoms with Crippen molar-refractivity contribution in [2.45, 2.75) is 34.3 Å². The third-order valence-corrected chi connectivity index (χ3v) is 3.24. The maximum atomic E-state index is 11.7. The number of allylic oxidation sites excluding steroid dienone is 2. The minimum absolute atomic E-state index is 0.0820. The number of carbonyl (C=O) groups is 1. The van der Waals surface area contributed by atoms with Crippen LogP contribution >= 0.6 is 0 Å². The van der Waals surface area contributed by atoms with Crippen LogP contribution in [0.15, 0.2) is 23.8 Å². The largest absolute Gasteiger partial charge is 0.496 e. The van der Waals surface area contributed by atoms with Crippen LogP contribution in [-0.4, -0.2) is 18.0 Å². The summed E-state index contributed by atoms with van der Waals surface area (Å²) in [5.74, 6) is 0.930. The highest BCUT2D eigenvalue weighted by Gasteiger charge is 2.14. The summed E-state index contributed by atoms with van der Waals surface area (Å²) in [7, 11) is 1.58. The summed E-state index contributed by atoms with van der Waals surface area (Å²) in [4.78, 5) is 11.7. The molecule has 1 rings (SSSR count). The minimum atomic E-state index is -0.0820. The SMILES string of the molecule is COc1ccc(C(C)=C(C(C)=O)C(C)C)cc1CO. The third kappa shape index (κ3) is 3.44. The summed E-state index contributed by atoms with van der Waals surface area (Å²) in [6.45, 7) is 7.48. The molecular formula is C16H22O3. The normalized spacial score (nSPS) is 12.4. The number of hydrogen-bond donors (Lipinski definition) is 1. The van der Waals surface area contributed by atoms with Crippen LogP contribution in [0.5, 0.6) is 5.75 Å². The van der Waals surface area contributed by atoms with Gasteiger partial charge in [0.25, 0.3) is 0 Å². The quantitative estimate of drug-likeness (QED) is 0.829. The van der Waals surface area contributed by atoms with E-state index in [1.54, 1.807) is 14.0 Å². The van der Waals surface area contributed by atoms with Crippen LogP contribution in [0.2, 0.25) is 0 Å². The zero-order valence-corrected chi connectivity index (χ0v) is 12.3. The lowest BCUT2D eigenvalue weighted by Gasteiger charge is -2.15. The molecule has 0 aromatic heterocycles. The summed E-state index contributed by atoms with van der Waals surface area (Å²) >= 11 is 0. The van der Waals surface area contributed by atoms with Gasteiger partial charge in [-0.05, 0) is 43.0 Å². The topological polar surface area (TPSA) is 46.5 Å². The number of ether oxygens (including phenoxy) is 1. The van der Waals surface area contributed by atoms with E-state index in [2.05, 4.69) is 0 Å². The Bertz CT molecular complexity index is 499. The standard InChI is InChI=1S/C16H22O3/c1-10(2)16(12(4)18)11(3)13-6-7-15(19-5)14(8-13)9-17/h6-8,10,17H,9H2,1-5H3.